The molecule has 0 atom stereocenters. The van der Waals surface area contributed by atoms with Crippen LogP contribution in [0.1, 0.15) is 9.88 Å². The molecule has 0 aliphatic rings. The molecular weight excluding hydrogens is 252 g/mol. The highest BCUT2D eigenvalue weighted by atomic mass is 32.1. The third-order valence-corrected chi connectivity index (χ3v) is 4.22. The largest absolute Gasteiger partial charge is 0.348 e. The first-order valence-electron chi connectivity index (χ1n) is 5.27. The molecule has 0 radical (unpaired) electrons. The fourth-order valence-electron chi connectivity index (χ4n) is 1.36. The summed E-state index contributed by atoms with van der Waals surface area (Å²) >= 11 is 3.28. The van der Waals surface area contributed by atoms with Gasteiger partial charge in [-0.05, 0) is 19.1 Å². The van der Waals surface area contributed by atoms with E-state index >= 15 is 0 Å². The lowest BCUT2D eigenvalue weighted by molar-refractivity contribution is -0.127. The van der Waals surface area contributed by atoms with Crippen molar-refractivity contribution in [3.05, 3.63) is 27.4 Å². The van der Waals surface area contributed by atoms with Gasteiger partial charge in [0.15, 0.2) is 0 Å². The second-order valence-electron chi connectivity index (χ2n) is 4.00. The Bertz CT molecular complexity index is 528. The van der Waals surface area contributed by atoms with Gasteiger partial charge in [-0.2, -0.15) is 0 Å². The molecule has 90 valence electrons. The molecule has 0 unspecified atom stereocenters. The van der Waals surface area contributed by atoms with Crippen LogP contribution in [0.4, 0.5) is 0 Å². The highest BCUT2D eigenvalue weighted by Gasteiger charge is 2.11. The lowest BCUT2D eigenvalue weighted by Crippen LogP contribution is -2.23. The summed E-state index contributed by atoms with van der Waals surface area (Å²) in [6.07, 6.45) is 0.391. The van der Waals surface area contributed by atoms with Crippen molar-refractivity contribution >= 4 is 28.6 Å². The number of carbonyl (C=O) groups is 1. The molecule has 1 amide bonds. The Morgan fingerprint density at radius 2 is 2.18 bits per heavy atom. The summed E-state index contributed by atoms with van der Waals surface area (Å²) in [4.78, 5) is 20.1. The van der Waals surface area contributed by atoms with Crippen molar-refractivity contribution in [2.45, 2.75) is 13.3 Å². The third-order valence-electron chi connectivity index (χ3n) is 2.35. The van der Waals surface area contributed by atoms with E-state index in [-0.39, 0.29) is 5.91 Å². The van der Waals surface area contributed by atoms with E-state index in [9.17, 15) is 4.79 Å². The molecule has 2 heterocycles. The van der Waals surface area contributed by atoms with Gasteiger partial charge in [0.05, 0.1) is 17.0 Å². The molecule has 0 fully saturated rings. The Morgan fingerprint density at radius 3 is 2.76 bits per heavy atom. The number of aryl methyl sites for hydroxylation is 1. The number of rotatable bonds is 3. The van der Waals surface area contributed by atoms with Crippen LogP contribution in [0.25, 0.3) is 10.6 Å². The molecule has 0 spiro atoms. The van der Waals surface area contributed by atoms with Crippen molar-refractivity contribution in [3.8, 4) is 10.6 Å². The average Bonchev–Trinajstić information content (AvgIpc) is 2.86. The van der Waals surface area contributed by atoms with Gasteiger partial charge in [0.25, 0.3) is 0 Å². The molecular formula is C12H14N2OS2. The summed E-state index contributed by atoms with van der Waals surface area (Å²) in [5, 5.41) is 2.90. The van der Waals surface area contributed by atoms with Crippen LogP contribution < -0.4 is 0 Å². The normalized spacial score (nSPS) is 10.5. The summed E-state index contributed by atoms with van der Waals surface area (Å²) < 4.78 is 0. The van der Waals surface area contributed by atoms with Gasteiger partial charge < -0.3 is 4.90 Å². The van der Waals surface area contributed by atoms with Gasteiger partial charge in [0, 0.05) is 24.4 Å². The summed E-state index contributed by atoms with van der Waals surface area (Å²) in [6, 6.07) is 4.16. The Kier molecular flexibility index (Phi) is 3.59. The number of thiazole rings is 1. The van der Waals surface area contributed by atoms with Gasteiger partial charge in [0.1, 0.15) is 5.01 Å². The minimum Gasteiger partial charge on any atom is -0.348 e. The van der Waals surface area contributed by atoms with Crippen LogP contribution in [0.15, 0.2) is 17.5 Å². The van der Waals surface area contributed by atoms with Crippen LogP contribution in [0, 0.1) is 6.92 Å². The summed E-state index contributed by atoms with van der Waals surface area (Å²) in [7, 11) is 3.53. The average molecular weight is 266 g/mol. The molecule has 0 aliphatic heterocycles. The SMILES string of the molecule is Cc1ccc(-c2csc(CC(=O)N(C)C)n2)s1. The van der Waals surface area contributed by atoms with E-state index in [4.69, 9.17) is 0 Å². The zero-order valence-electron chi connectivity index (χ0n) is 10.1. The quantitative estimate of drug-likeness (QED) is 0.856. The number of nitrogens with zero attached hydrogens (tertiary/aromatic N) is 2. The Labute approximate surface area is 109 Å². The molecule has 0 saturated carbocycles. The molecule has 0 aromatic carbocycles. The zero-order chi connectivity index (χ0) is 12.4. The van der Waals surface area contributed by atoms with E-state index in [1.165, 1.54) is 9.75 Å². The summed E-state index contributed by atoms with van der Waals surface area (Å²) in [5.74, 6) is 0.0910. The lowest BCUT2D eigenvalue weighted by atomic mass is 10.3. The van der Waals surface area contributed by atoms with Gasteiger partial charge in [-0.1, -0.05) is 0 Å². The molecule has 3 nitrogen and oxygen atoms in total. The first-order chi connectivity index (χ1) is 8.06. The van der Waals surface area contributed by atoms with E-state index < -0.39 is 0 Å². The number of thiophene rings is 1. The predicted molar refractivity (Wildman–Crippen MR) is 72.6 cm³/mol. The zero-order valence-corrected chi connectivity index (χ0v) is 11.7. The maximum absolute atomic E-state index is 11.6. The number of amides is 1. The Hall–Kier alpha value is -1.20. The first kappa shape index (κ1) is 12.3. The van der Waals surface area contributed by atoms with Crippen LogP contribution in [0.5, 0.6) is 0 Å². The highest BCUT2D eigenvalue weighted by Crippen LogP contribution is 2.28. The van der Waals surface area contributed by atoms with Crippen molar-refractivity contribution in [2.75, 3.05) is 14.1 Å². The van der Waals surface area contributed by atoms with Crippen molar-refractivity contribution in [3.63, 3.8) is 0 Å². The van der Waals surface area contributed by atoms with Gasteiger partial charge in [-0.3, -0.25) is 4.79 Å². The fraction of sp³-hybridized carbons (Fsp3) is 0.333. The third kappa shape index (κ3) is 2.92. The molecule has 5 heteroatoms. The standard InChI is InChI=1S/C12H14N2OS2/c1-8-4-5-10(17-8)9-7-16-11(13-9)6-12(15)14(2)3/h4-5,7H,6H2,1-3H3. The van der Waals surface area contributed by atoms with Crippen LogP contribution >= 0.6 is 22.7 Å². The van der Waals surface area contributed by atoms with Crippen LogP contribution in [0.3, 0.4) is 0 Å². The van der Waals surface area contributed by atoms with E-state index in [1.807, 2.05) is 5.38 Å². The van der Waals surface area contributed by atoms with E-state index in [0.29, 0.717) is 6.42 Å². The highest BCUT2D eigenvalue weighted by molar-refractivity contribution is 7.16. The van der Waals surface area contributed by atoms with Gasteiger partial charge in [0.2, 0.25) is 5.91 Å². The van der Waals surface area contributed by atoms with E-state index in [0.717, 1.165) is 10.7 Å². The summed E-state index contributed by atoms with van der Waals surface area (Å²) in [5.41, 5.74) is 0.981. The Balaban J connectivity index is 2.14. The monoisotopic (exact) mass is 266 g/mol. The molecule has 0 aliphatic carbocycles. The molecule has 0 bridgehead atoms. The Morgan fingerprint density at radius 1 is 1.41 bits per heavy atom. The maximum Gasteiger partial charge on any atom is 0.228 e. The minimum absolute atomic E-state index is 0.0910. The smallest absolute Gasteiger partial charge is 0.228 e. The van der Waals surface area contributed by atoms with Crippen molar-refractivity contribution in [1.29, 1.82) is 0 Å². The number of aromatic nitrogens is 1. The molecule has 17 heavy (non-hydrogen) atoms. The maximum atomic E-state index is 11.6. The molecule has 0 N–H and O–H groups in total. The number of likely N-dealkylation sites (N-methyl/N-ethyl adjacent to an activating group) is 1. The lowest BCUT2D eigenvalue weighted by Gasteiger charge is -2.07. The minimum atomic E-state index is 0.0910. The van der Waals surface area contributed by atoms with Crippen LogP contribution in [-0.4, -0.2) is 29.9 Å². The molecule has 2 aromatic rings. The predicted octanol–water partition coefficient (Wildman–Crippen LogP) is 2.81. The van der Waals surface area contributed by atoms with E-state index in [2.05, 4.69) is 24.0 Å². The van der Waals surface area contributed by atoms with Gasteiger partial charge in [-0.15, -0.1) is 22.7 Å². The van der Waals surface area contributed by atoms with Crippen LogP contribution in [-0.2, 0) is 11.2 Å². The van der Waals surface area contributed by atoms with Crippen molar-refractivity contribution in [1.82, 2.24) is 9.88 Å². The number of carbonyl (C=O) groups excluding carboxylic acids is 1. The van der Waals surface area contributed by atoms with Crippen molar-refractivity contribution < 1.29 is 4.79 Å². The summed E-state index contributed by atoms with van der Waals surface area (Å²) in [6.45, 7) is 2.08. The molecule has 0 saturated heterocycles. The molecule has 2 aromatic heterocycles. The second kappa shape index (κ2) is 4.98. The van der Waals surface area contributed by atoms with Crippen LogP contribution in [0.2, 0.25) is 0 Å². The topological polar surface area (TPSA) is 33.2 Å². The number of hydrogen-bond donors (Lipinski definition) is 0. The van der Waals surface area contributed by atoms with E-state index in [1.54, 1.807) is 41.7 Å². The van der Waals surface area contributed by atoms with Gasteiger partial charge >= 0.3 is 0 Å². The number of hydrogen-bond acceptors (Lipinski definition) is 4. The molecule has 2 rings (SSSR count). The first-order valence-corrected chi connectivity index (χ1v) is 6.97. The second-order valence-corrected chi connectivity index (χ2v) is 6.23. The fourth-order valence-corrected chi connectivity index (χ4v) is 3.05. The van der Waals surface area contributed by atoms with Gasteiger partial charge in [-0.25, -0.2) is 4.98 Å². The van der Waals surface area contributed by atoms with Crippen molar-refractivity contribution in [2.24, 2.45) is 0 Å².